The van der Waals surface area contributed by atoms with Crippen LogP contribution in [0.25, 0.3) is 0 Å². The highest BCUT2D eigenvalue weighted by Gasteiger charge is 2.14. The predicted octanol–water partition coefficient (Wildman–Crippen LogP) is 3.42. The maximum Gasteiger partial charge on any atom is 0.222 e. The van der Waals surface area contributed by atoms with Crippen molar-refractivity contribution in [2.45, 2.75) is 13.8 Å². The van der Waals surface area contributed by atoms with E-state index in [-0.39, 0.29) is 23.5 Å². The Bertz CT molecular complexity index is 775. The molecule has 0 radical (unpaired) electrons. The molecule has 0 aliphatic heterocycles. The Morgan fingerprint density at radius 3 is 2.21 bits per heavy atom. The standard InChI is InChI=1S/C16H17N5O3/c1-10(22)17-15-13(21-20-12-7-5-4-6-8-12)9-14(24-3)16(19-15)18-11(2)23/h4-9H,1-3H3,(H2,17,18,19,22,23). The number of carbonyl (C=O) groups excluding carboxylic acids is 2. The highest BCUT2D eigenvalue weighted by atomic mass is 16.5. The maximum atomic E-state index is 11.4. The van der Waals surface area contributed by atoms with E-state index in [1.807, 2.05) is 18.2 Å². The Morgan fingerprint density at radius 1 is 1.00 bits per heavy atom. The molecule has 0 spiro atoms. The lowest BCUT2D eigenvalue weighted by atomic mass is 10.3. The number of nitrogens with zero attached hydrogens (tertiary/aromatic N) is 3. The second-order valence-electron chi connectivity index (χ2n) is 4.80. The lowest BCUT2D eigenvalue weighted by Crippen LogP contribution is -2.12. The number of rotatable bonds is 5. The van der Waals surface area contributed by atoms with Gasteiger partial charge in [0.05, 0.1) is 12.8 Å². The third-order valence-electron chi connectivity index (χ3n) is 2.81. The predicted molar refractivity (Wildman–Crippen MR) is 90.0 cm³/mol. The Labute approximate surface area is 139 Å². The van der Waals surface area contributed by atoms with Crippen LogP contribution >= 0.6 is 0 Å². The number of hydrogen-bond donors (Lipinski definition) is 2. The van der Waals surface area contributed by atoms with E-state index in [4.69, 9.17) is 4.74 Å². The number of benzene rings is 1. The van der Waals surface area contributed by atoms with Crippen LogP contribution in [0, 0.1) is 0 Å². The molecule has 0 saturated carbocycles. The van der Waals surface area contributed by atoms with Crippen LogP contribution in [-0.4, -0.2) is 23.9 Å². The molecule has 1 heterocycles. The second-order valence-corrected chi connectivity index (χ2v) is 4.80. The molecule has 124 valence electrons. The molecule has 2 rings (SSSR count). The van der Waals surface area contributed by atoms with Gasteiger partial charge in [-0.3, -0.25) is 9.59 Å². The van der Waals surface area contributed by atoms with Gasteiger partial charge in [0, 0.05) is 19.9 Å². The van der Waals surface area contributed by atoms with Crippen LogP contribution in [-0.2, 0) is 9.59 Å². The van der Waals surface area contributed by atoms with Crippen LogP contribution in [0.15, 0.2) is 46.6 Å². The van der Waals surface area contributed by atoms with Crippen LogP contribution in [0.3, 0.4) is 0 Å². The van der Waals surface area contributed by atoms with Crippen molar-refractivity contribution in [3.63, 3.8) is 0 Å². The zero-order valence-corrected chi connectivity index (χ0v) is 13.5. The number of methoxy groups -OCH3 is 1. The molecule has 2 aromatic rings. The fourth-order valence-corrected chi connectivity index (χ4v) is 1.84. The van der Waals surface area contributed by atoms with Crippen LogP contribution in [0.5, 0.6) is 5.75 Å². The fourth-order valence-electron chi connectivity index (χ4n) is 1.84. The molecule has 24 heavy (non-hydrogen) atoms. The number of nitrogens with one attached hydrogen (secondary N) is 2. The van der Waals surface area contributed by atoms with Gasteiger partial charge in [-0.05, 0) is 12.1 Å². The quantitative estimate of drug-likeness (QED) is 0.821. The Kier molecular flexibility index (Phi) is 5.56. The first-order chi connectivity index (χ1) is 11.5. The molecule has 0 bridgehead atoms. The third-order valence-corrected chi connectivity index (χ3v) is 2.81. The monoisotopic (exact) mass is 327 g/mol. The summed E-state index contributed by atoms with van der Waals surface area (Å²) in [6.07, 6.45) is 0. The molecule has 8 heteroatoms. The zero-order chi connectivity index (χ0) is 17.5. The van der Waals surface area contributed by atoms with Gasteiger partial charge in [0.25, 0.3) is 0 Å². The number of hydrogen-bond acceptors (Lipinski definition) is 6. The molecule has 8 nitrogen and oxygen atoms in total. The Hall–Kier alpha value is -3.29. The molecular weight excluding hydrogens is 310 g/mol. The largest absolute Gasteiger partial charge is 0.493 e. The molecule has 0 aliphatic carbocycles. The van der Waals surface area contributed by atoms with Crippen molar-refractivity contribution < 1.29 is 14.3 Å². The first-order valence-corrected chi connectivity index (χ1v) is 7.10. The van der Waals surface area contributed by atoms with Crippen LogP contribution in [0.4, 0.5) is 23.0 Å². The van der Waals surface area contributed by atoms with Gasteiger partial charge in [-0.25, -0.2) is 4.98 Å². The van der Waals surface area contributed by atoms with Crippen molar-refractivity contribution in [1.29, 1.82) is 0 Å². The molecule has 0 aliphatic rings. The van der Waals surface area contributed by atoms with E-state index in [1.165, 1.54) is 27.0 Å². The smallest absolute Gasteiger partial charge is 0.222 e. The average Bonchev–Trinajstić information content (AvgIpc) is 2.54. The van der Waals surface area contributed by atoms with Gasteiger partial charge in [0.2, 0.25) is 11.8 Å². The van der Waals surface area contributed by atoms with Crippen molar-refractivity contribution in [3.8, 4) is 5.75 Å². The van der Waals surface area contributed by atoms with Gasteiger partial charge in [-0.1, -0.05) is 18.2 Å². The lowest BCUT2D eigenvalue weighted by Gasteiger charge is -2.12. The molecule has 0 atom stereocenters. The molecular formula is C16H17N5O3. The van der Waals surface area contributed by atoms with Crippen LogP contribution in [0.2, 0.25) is 0 Å². The summed E-state index contributed by atoms with van der Waals surface area (Å²) < 4.78 is 5.21. The van der Waals surface area contributed by atoms with E-state index in [2.05, 4.69) is 25.8 Å². The van der Waals surface area contributed by atoms with Crippen LogP contribution in [0.1, 0.15) is 13.8 Å². The van der Waals surface area contributed by atoms with Gasteiger partial charge in [0.1, 0.15) is 5.69 Å². The second kappa shape index (κ2) is 7.82. The number of amides is 2. The van der Waals surface area contributed by atoms with Gasteiger partial charge >= 0.3 is 0 Å². The first kappa shape index (κ1) is 17.1. The summed E-state index contributed by atoms with van der Waals surface area (Å²) in [4.78, 5) is 26.9. The SMILES string of the molecule is COc1cc(N=Nc2ccccc2)c(NC(C)=O)nc1NC(C)=O. The summed E-state index contributed by atoms with van der Waals surface area (Å²) in [7, 11) is 1.44. The molecule has 2 N–H and O–H groups in total. The summed E-state index contributed by atoms with van der Waals surface area (Å²) in [6, 6.07) is 10.7. The number of aromatic nitrogens is 1. The van der Waals surface area contributed by atoms with Crippen molar-refractivity contribution in [3.05, 3.63) is 36.4 Å². The summed E-state index contributed by atoms with van der Waals surface area (Å²) in [5.41, 5.74) is 0.955. The van der Waals surface area contributed by atoms with E-state index in [0.717, 1.165) is 0 Å². The summed E-state index contributed by atoms with van der Waals surface area (Å²) in [6.45, 7) is 2.70. The highest BCUT2D eigenvalue weighted by molar-refractivity contribution is 5.93. The Morgan fingerprint density at radius 2 is 1.62 bits per heavy atom. The van der Waals surface area contributed by atoms with Gasteiger partial charge in [-0.2, -0.15) is 5.11 Å². The molecule has 0 unspecified atom stereocenters. The summed E-state index contributed by atoms with van der Waals surface area (Å²) in [5, 5.41) is 13.3. The van der Waals surface area contributed by atoms with Crippen molar-refractivity contribution in [2.75, 3.05) is 17.7 Å². The molecule has 2 amide bonds. The van der Waals surface area contributed by atoms with Crippen molar-refractivity contribution in [1.82, 2.24) is 4.98 Å². The van der Waals surface area contributed by atoms with E-state index < -0.39 is 0 Å². The fraction of sp³-hybridized carbons (Fsp3) is 0.188. The Balaban J connectivity index is 2.45. The lowest BCUT2D eigenvalue weighted by molar-refractivity contribution is -0.115. The van der Waals surface area contributed by atoms with Gasteiger partial charge in [0.15, 0.2) is 17.4 Å². The number of azo groups is 1. The van der Waals surface area contributed by atoms with Crippen molar-refractivity contribution >= 4 is 34.8 Å². The summed E-state index contributed by atoms with van der Waals surface area (Å²) in [5.74, 6) is 0.0336. The third kappa shape index (κ3) is 4.60. The van der Waals surface area contributed by atoms with Crippen LogP contribution < -0.4 is 15.4 Å². The minimum Gasteiger partial charge on any atom is -0.493 e. The molecule has 1 aromatic heterocycles. The first-order valence-electron chi connectivity index (χ1n) is 7.10. The highest BCUT2D eigenvalue weighted by Crippen LogP contribution is 2.34. The minimum absolute atomic E-state index is 0.173. The molecule has 0 fully saturated rings. The van der Waals surface area contributed by atoms with Crippen molar-refractivity contribution in [2.24, 2.45) is 10.2 Å². The number of carbonyl (C=O) groups is 2. The van der Waals surface area contributed by atoms with E-state index >= 15 is 0 Å². The zero-order valence-electron chi connectivity index (χ0n) is 13.5. The normalized spacial score (nSPS) is 10.5. The maximum absolute atomic E-state index is 11.4. The molecule has 1 aromatic carbocycles. The number of anilines is 2. The molecule has 0 saturated heterocycles. The van der Waals surface area contributed by atoms with E-state index in [0.29, 0.717) is 17.1 Å². The van der Waals surface area contributed by atoms with Gasteiger partial charge in [-0.15, -0.1) is 5.11 Å². The van der Waals surface area contributed by atoms with E-state index in [1.54, 1.807) is 12.1 Å². The average molecular weight is 327 g/mol. The van der Waals surface area contributed by atoms with Gasteiger partial charge < -0.3 is 15.4 Å². The number of pyridine rings is 1. The number of ether oxygens (including phenoxy) is 1. The van der Waals surface area contributed by atoms with E-state index in [9.17, 15) is 9.59 Å². The topological polar surface area (TPSA) is 105 Å². The summed E-state index contributed by atoms with van der Waals surface area (Å²) >= 11 is 0. The minimum atomic E-state index is -0.322.